The Hall–Kier alpha value is -0.830. The van der Waals surface area contributed by atoms with E-state index in [1.165, 1.54) is 11.3 Å². The number of ketones is 1. The SMILES string of the molecule is COc1ccsc1C(=O)C1CC1(C)C. The molecular formula is C11H14O2S. The third kappa shape index (κ3) is 1.46. The zero-order valence-corrected chi connectivity index (χ0v) is 9.48. The second kappa shape index (κ2) is 3.09. The van der Waals surface area contributed by atoms with E-state index in [-0.39, 0.29) is 17.1 Å². The van der Waals surface area contributed by atoms with Crippen LogP contribution in [0.2, 0.25) is 0 Å². The number of hydrogen-bond acceptors (Lipinski definition) is 3. The van der Waals surface area contributed by atoms with E-state index in [2.05, 4.69) is 13.8 Å². The molecule has 1 aromatic rings. The van der Waals surface area contributed by atoms with Crippen LogP contribution < -0.4 is 4.74 Å². The lowest BCUT2D eigenvalue weighted by Crippen LogP contribution is -2.05. The Morgan fingerprint density at radius 3 is 2.79 bits per heavy atom. The highest BCUT2D eigenvalue weighted by Crippen LogP contribution is 2.54. The molecule has 0 aliphatic heterocycles. The summed E-state index contributed by atoms with van der Waals surface area (Å²) >= 11 is 1.48. The van der Waals surface area contributed by atoms with Gasteiger partial charge in [-0.05, 0) is 23.3 Å². The maximum Gasteiger partial charge on any atom is 0.180 e. The molecule has 1 aliphatic rings. The van der Waals surface area contributed by atoms with Gasteiger partial charge in [-0.1, -0.05) is 13.8 Å². The molecule has 2 nitrogen and oxygen atoms in total. The summed E-state index contributed by atoms with van der Waals surface area (Å²) in [4.78, 5) is 12.8. The molecule has 0 amide bonds. The third-order valence-corrected chi connectivity index (χ3v) is 3.81. The summed E-state index contributed by atoms with van der Waals surface area (Å²) in [6.45, 7) is 4.27. The largest absolute Gasteiger partial charge is 0.495 e. The zero-order valence-electron chi connectivity index (χ0n) is 8.66. The Morgan fingerprint density at radius 1 is 1.64 bits per heavy atom. The Kier molecular flexibility index (Phi) is 2.14. The molecule has 0 bridgehead atoms. The number of carbonyl (C=O) groups is 1. The van der Waals surface area contributed by atoms with Crippen molar-refractivity contribution in [3.05, 3.63) is 16.3 Å². The molecule has 1 aliphatic carbocycles. The van der Waals surface area contributed by atoms with Crippen molar-refractivity contribution < 1.29 is 9.53 Å². The van der Waals surface area contributed by atoms with E-state index in [1.807, 2.05) is 11.4 Å². The van der Waals surface area contributed by atoms with Crippen LogP contribution >= 0.6 is 11.3 Å². The highest BCUT2D eigenvalue weighted by Gasteiger charge is 2.51. The van der Waals surface area contributed by atoms with Crippen molar-refractivity contribution in [2.75, 3.05) is 7.11 Å². The summed E-state index contributed by atoms with van der Waals surface area (Å²) in [6, 6.07) is 1.85. The molecule has 1 heterocycles. The second-order valence-electron chi connectivity index (χ2n) is 4.43. The number of thiophene rings is 1. The fourth-order valence-electron chi connectivity index (χ4n) is 1.71. The lowest BCUT2D eigenvalue weighted by atomic mass is 10.1. The molecule has 2 rings (SSSR count). The number of carbonyl (C=O) groups excluding carboxylic acids is 1. The smallest absolute Gasteiger partial charge is 0.180 e. The van der Waals surface area contributed by atoms with Crippen LogP contribution in [0.4, 0.5) is 0 Å². The summed E-state index contributed by atoms with van der Waals surface area (Å²) < 4.78 is 5.14. The fourth-order valence-corrected chi connectivity index (χ4v) is 2.56. The Balaban J connectivity index is 2.20. The number of hydrogen-bond donors (Lipinski definition) is 0. The van der Waals surface area contributed by atoms with E-state index in [9.17, 15) is 4.79 Å². The number of rotatable bonds is 3. The highest BCUT2D eigenvalue weighted by molar-refractivity contribution is 7.12. The van der Waals surface area contributed by atoms with Gasteiger partial charge in [-0.15, -0.1) is 11.3 Å². The zero-order chi connectivity index (χ0) is 10.3. The monoisotopic (exact) mass is 210 g/mol. The molecule has 1 aromatic heterocycles. The van der Waals surface area contributed by atoms with Crippen LogP contribution in [0.25, 0.3) is 0 Å². The Bertz CT molecular complexity index is 365. The van der Waals surface area contributed by atoms with E-state index >= 15 is 0 Å². The third-order valence-electron chi connectivity index (χ3n) is 2.90. The van der Waals surface area contributed by atoms with Gasteiger partial charge in [-0.3, -0.25) is 4.79 Å². The molecule has 0 N–H and O–H groups in total. The van der Waals surface area contributed by atoms with E-state index in [0.717, 1.165) is 17.0 Å². The van der Waals surface area contributed by atoms with Crippen molar-refractivity contribution in [1.29, 1.82) is 0 Å². The summed E-state index contributed by atoms with van der Waals surface area (Å²) in [6.07, 6.45) is 1.01. The van der Waals surface area contributed by atoms with Crippen molar-refractivity contribution in [3.63, 3.8) is 0 Å². The van der Waals surface area contributed by atoms with Crippen molar-refractivity contribution in [3.8, 4) is 5.75 Å². The van der Waals surface area contributed by atoms with Crippen LogP contribution in [0.5, 0.6) is 5.75 Å². The average molecular weight is 210 g/mol. The standard InChI is InChI=1S/C11H14O2S/c1-11(2)6-7(11)9(12)10-8(13-3)4-5-14-10/h4-5,7H,6H2,1-3H3. The van der Waals surface area contributed by atoms with Gasteiger partial charge in [-0.25, -0.2) is 0 Å². The number of ether oxygens (including phenoxy) is 1. The van der Waals surface area contributed by atoms with Crippen LogP contribution in [-0.2, 0) is 0 Å². The van der Waals surface area contributed by atoms with Crippen LogP contribution in [-0.4, -0.2) is 12.9 Å². The number of methoxy groups -OCH3 is 1. The van der Waals surface area contributed by atoms with Crippen LogP contribution in [0.1, 0.15) is 29.9 Å². The summed E-state index contributed by atoms with van der Waals surface area (Å²) in [5.74, 6) is 1.18. The van der Waals surface area contributed by atoms with Gasteiger partial charge < -0.3 is 4.74 Å². The van der Waals surface area contributed by atoms with Crippen molar-refractivity contribution >= 4 is 17.1 Å². The van der Waals surface area contributed by atoms with E-state index in [4.69, 9.17) is 4.74 Å². The van der Waals surface area contributed by atoms with Crippen LogP contribution in [0, 0.1) is 11.3 Å². The normalized spacial score (nSPS) is 23.2. The lowest BCUT2D eigenvalue weighted by Gasteiger charge is -2.03. The molecule has 0 aromatic carbocycles. The molecule has 76 valence electrons. The summed E-state index contributed by atoms with van der Waals surface area (Å²) in [5, 5.41) is 1.90. The summed E-state index contributed by atoms with van der Waals surface area (Å²) in [7, 11) is 1.61. The predicted octanol–water partition coefficient (Wildman–Crippen LogP) is 2.99. The first-order chi connectivity index (χ1) is 6.56. The summed E-state index contributed by atoms with van der Waals surface area (Å²) in [5.41, 5.74) is 0.200. The van der Waals surface area contributed by atoms with E-state index in [0.29, 0.717) is 0 Å². The van der Waals surface area contributed by atoms with Gasteiger partial charge in [0.15, 0.2) is 5.78 Å². The van der Waals surface area contributed by atoms with Gasteiger partial charge in [-0.2, -0.15) is 0 Å². The van der Waals surface area contributed by atoms with Gasteiger partial charge in [0.25, 0.3) is 0 Å². The first kappa shape index (κ1) is 9.71. The van der Waals surface area contributed by atoms with E-state index in [1.54, 1.807) is 7.11 Å². The Labute approximate surface area is 87.9 Å². The molecule has 1 fully saturated rings. The molecule has 1 atom stereocenters. The first-order valence-corrected chi connectivity index (χ1v) is 5.60. The van der Waals surface area contributed by atoms with Gasteiger partial charge >= 0.3 is 0 Å². The van der Waals surface area contributed by atoms with Crippen LogP contribution in [0.3, 0.4) is 0 Å². The van der Waals surface area contributed by atoms with E-state index < -0.39 is 0 Å². The Morgan fingerprint density at radius 2 is 2.29 bits per heavy atom. The van der Waals surface area contributed by atoms with Crippen LogP contribution in [0.15, 0.2) is 11.4 Å². The maximum atomic E-state index is 12.0. The van der Waals surface area contributed by atoms with Crippen molar-refractivity contribution in [1.82, 2.24) is 0 Å². The molecule has 3 heteroatoms. The molecule has 14 heavy (non-hydrogen) atoms. The predicted molar refractivity (Wildman–Crippen MR) is 57.1 cm³/mol. The first-order valence-electron chi connectivity index (χ1n) is 4.72. The van der Waals surface area contributed by atoms with Crippen molar-refractivity contribution in [2.45, 2.75) is 20.3 Å². The minimum Gasteiger partial charge on any atom is -0.495 e. The minimum atomic E-state index is 0.200. The number of Topliss-reactive ketones (excluding diaryl/α,β-unsaturated/α-hetero) is 1. The van der Waals surface area contributed by atoms with Gasteiger partial charge in [0.1, 0.15) is 10.6 Å². The maximum absolute atomic E-state index is 12.0. The molecule has 0 saturated heterocycles. The fraction of sp³-hybridized carbons (Fsp3) is 0.545. The quantitative estimate of drug-likeness (QED) is 0.717. The topological polar surface area (TPSA) is 26.3 Å². The molecular weight excluding hydrogens is 196 g/mol. The van der Waals surface area contributed by atoms with Gasteiger partial charge in [0.2, 0.25) is 0 Å². The average Bonchev–Trinajstić information content (AvgIpc) is 2.64. The highest BCUT2D eigenvalue weighted by atomic mass is 32.1. The van der Waals surface area contributed by atoms with Crippen molar-refractivity contribution in [2.24, 2.45) is 11.3 Å². The van der Waals surface area contributed by atoms with Gasteiger partial charge in [0.05, 0.1) is 7.11 Å². The minimum absolute atomic E-state index is 0.200. The molecule has 0 radical (unpaired) electrons. The second-order valence-corrected chi connectivity index (χ2v) is 5.34. The molecule has 1 unspecified atom stereocenters. The molecule has 0 spiro atoms. The molecule has 1 saturated carbocycles. The lowest BCUT2D eigenvalue weighted by molar-refractivity contribution is 0.0954. The van der Waals surface area contributed by atoms with Gasteiger partial charge in [0, 0.05) is 5.92 Å².